The number of nitrogens with one attached hydrogen (secondary N) is 1. The third-order valence-electron chi connectivity index (χ3n) is 3.55. The molecule has 0 fully saturated rings. The van der Waals surface area contributed by atoms with Crippen LogP contribution < -0.4 is 5.62 Å². The Labute approximate surface area is 139 Å². The van der Waals surface area contributed by atoms with Crippen molar-refractivity contribution in [3.05, 3.63) is 64.7 Å². The number of aliphatic hydroxyl groups is 1. The number of hydrogen-bond acceptors (Lipinski definition) is 2. The van der Waals surface area contributed by atoms with Crippen molar-refractivity contribution >= 4 is 35.0 Å². The van der Waals surface area contributed by atoms with Crippen molar-refractivity contribution in [1.82, 2.24) is 9.13 Å². The van der Waals surface area contributed by atoms with E-state index in [0.29, 0.717) is 23.7 Å². The third-order valence-corrected chi connectivity index (χ3v) is 3.80. The van der Waals surface area contributed by atoms with Crippen LogP contribution in [-0.4, -0.2) is 20.8 Å². The second-order valence-electron chi connectivity index (χ2n) is 4.90. The highest BCUT2D eigenvalue weighted by Crippen LogP contribution is 2.15. The van der Waals surface area contributed by atoms with Crippen molar-refractivity contribution in [3.63, 3.8) is 0 Å². The molecule has 0 saturated heterocycles. The SMILES string of the molecule is Cl.N=c1n(CCO)c2ccccc2n1Cc1ccc(Cl)cc1. The summed E-state index contributed by atoms with van der Waals surface area (Å²) < 4.78 is 3.76. The van der Waals surface area contributed by atoms with E-state index in [-0.39, 0.29) is 19.0 Å². The molecule has 6 heteroatoms. The van der Waals surface area contributed by atoms with E-state index in [0.717, 1.165) is 16.6 Å². The molecule has 0 aliphatic heterocycles. The van der Waals surface area contributed by atoms with Gasteiger partial charge in [0.2, 0.25) is 5.62 Å². The van der Waals surface area contributed by atoms with Crippen LogP contribution in [0.4, 0.5) is 0 Å². The number of halogens is 2. The van der Waals surface area contributed by atoms with E-state index in [1.54, 1.807) is 0 Å². The van der Waals surface area contributed by atoms with E-state index in [4.69, 9.17) is 17.0 Å². The standard InChI is InChI=1S/C16H16ClN3O.ClH/c17-13-7-5-12(6-8-13)11-20-15-4-2-1-3-14(15)19(9-10-21)16(20)18;/h1-8,18,21H,9-11H2;1H. The van der Waals surface area contributed by atoms with Gasteiger partial charge in [-0.2, -0.15) is 0 Å². The average Bonchev–Trinajstić information content (AvgIpc) is 2.76. The summed E-state index contributed by atoms with van der Waals surface area (Å²) in [6.07, 6.45) is 0. The Kier molecular flexibility index (Phi) is 5.29. The Hall–Kier alpha value is -1.75. The highest BCUT2D eigenvalue weighted by molar-refractivity contribution is 6.30. The highest BCUT2D eigenvalue weighted by atomic mass is 35.5. The smallest absolute Gasteiger partial charge is 0.203 e. The predicted octanol–water partition coefficient (Wildman–Crippen LogP) is 3.04. The number of aromatic nitrogens is 2. The molecule has 1 aromatic heterocycles. The lowest BCUT2D eigenvalue weighted by molar-refractivity contribution is 0.274. The number of aliphatic hydroxyl groups excluding tert-OH is 1. The quantitative estimate of drug-likeness (QED) is 0.755. The summed E-state index contributed by atoms with van der Waals surface area (Å²) in [7, 11) is 0. The average molecular weight is 338 g/mol. The van der Waals surface area contributed by atoms with Gasteiger partial charge in [0.25, 0.3) is 0 Å². The second kappa shape index (κ2) is 7.01. The number of rotatable bonds is 4. The zero-order valence-corrected chi connectivity index (χ0v) is 13.4. The lowest BCUT2D eigenvalue weighted by Gasteiger charge is -2.05. The molecule has 1 heterocycles. The normalized spacial score (nSPS) is 10.6. The molecular formula is C16H17Cl2N3O. The molecule has 2 aromatic carbocycles. The molecule has 3 rings (SSSR count). The van der Waals surface area contributed by atoms with Gasteiger partial charge in [-0.3, -0.25) is 5.41 Å². The minimum Gasteiger partial charge on any atom is -0.395 e. The first-order chi connectivity index (χ1) is 10.2. The molecule has 0 aliphatic carbocycles. The van der Waals surface area contributed by atoms with Crippen LogP contribution in [0.15, 0.2) is 48.5 Å². The molecule has 0 radical (unpaired) electrons. The maximum absolute atomic E-state index is 9.21. The Morgan fingerprint density at radius 2 is 1.55 bits per heavy atom. The molecule has 22 heavy (non-hydrogen) atoms. The number of hydrogen-bond donors (Lipinski definition) is 2. The van der Waals surface area contributed by atoms with E-state index < -0.39 is 0 Å². The van der Waals surface area contributed by atoms with Gasteiger partial charge in [-0.05, 0) is 29.8 Å². The van der Waals surface area contributed by atoms with Crippen LogP contribution in [0.1, 0.15) is 5.56 Å². The molecule has 0 bridgehead atoms. The molecule has 2 N–H and O–H groups in total. The van der Waals surface area contributed by atoms with Crippen molar-refractivity contribution in [2.45, 2.75) is 13.1 Å². The number of nitrogens with zero attached hydrogens (tertiary/aromatic N) is 2. The van der Waals surface area contributed by atoms with Crippen LogP contribution in [0.25, 0.3) is 11.0 Å². The van der Waals surface area contributed by atoms with Gasteiger partial charge < -0.3 is 14.2 Å². The summed E-state index contributed by atoms with van der Waals surface area (Å²) in [5.41, 5.74) is 3.43. The number of fused-ring (bicyclic) bond motifs is 1. The summed E-state index contributed by atoms with van der Waals surface area (Å²) in [5.74, 6) is 0. The van der Waals surface area contributed by atoms with E-state index >= 15 is 0 Å². The minimum absolute atomic E-state index is 0. The fourth-order valence-electron chi connectivity index (χ4n) is 2.55. The summed E-state index contributed by atoms with van der Waals surface area (Å²) in [4.78, 5) is 0. The van der Waals surface area contributed by atoms with Gasteiger partial charge in [0.15, 0.2) is 0 Å². The van der Waals surface area contributed by atoms with Gasteiger partial charge in [-0.25, -0.2) is 0 Å². The van der Waals surface area contributed by atoms with Crippen molar-refractivity contribution in [1.29, 1.82) is 5.41 Å². The Morgan fingerprint density at radius 1 is 0.955 bits per heavy atom. The molecule has 3 aromatic rings. The molecule has 0 amide bonds. The van der Waals surface area contributed by atoms with Crippen molar-refractivity contribution in [2.75, 3.05) is 6.61 Å². The third kappa shape index (κ3) is 3.04. The molecular weight excluding hydrogens is 321 g/mol. The van der Waals surface area contributed by atoms with Crippen molar-refractivity contribution < 1.29 is 5.11 Å². The van der Waals surface area contributed by atoms with Crippen LogP contribution in [-0.2, 0) is 13.1 Å². The lowest BCUT2D eigenvalue weighted by atomic mass is 10.2. The van der Waals surface area contributed by atoms with Gasteiger partial charge in [0.1, 0.15) is 0 Å². The van der Waals surface area contributed by atoms with Crippen molar-refractivity contribution in [2.24, 2.45) is 0 Å². The Balaban J connectivity index is 0.00000176. The maximum Gasteiger partial charge on any atom is 0.203 e. The monoisotopic (exact) mass is 337 g/mol. The predicted molar refractivity (Wildman–Crippen MR) is 90.7 cm³/mol. The number of imidazole rings is 1. The number of benzene rings is 2. The fourth-order valence-corrected chi connectivity index (χ4v) is 2.68. The lowest BCUT2D eigenvalue weighted by Crippen LogP contribution is -2.26. The van der Waals surface area contributed by atoms with Gasteiger partial charge in [-0.15, -0.1) is 12.4 Å². The van der Waals surface area contributed by atoms with Gasteiger partial charge in [0.05, 0.1) is 24.2 Å². The molecule has 0 saturated carbocycles. The topological polar surface area (TPSA) is 53.9 Å². The fraction of sp³-hybridized carbons (Fsp3) is 0.188. The van der Waals surface area contributed by atoms with Crippen LogP contribution in [0, 0.1) is 5.41 Å². The summed E-state index contributed by atoms with van der Waals surface area (Å²) in [6.45, 7) is 1.05. The molecule has 0 unspecified atom stereocenters. The van der Waals surface area contributed by atoms with Gasteiger partial charge >= 0.3 is 0 Å². The molecule has 0 aliphatic rings. The Bertz CT molecular complexity index is 822. The summed E-state index contributed by atoms with van der Waals surface area (Å²) in [5, 5.41) is 18.3. The highest BCUT2D eigenvalue weighted by Gasteiger charge is 2.10. The molecule has 4 nitrogen and oxygen atoms in total. The maximum atomic E-state index is 9.21. The van der Waals surface area contributed by atoms with Crippen LogP contribution in [0.2, 0.25) is 5.02 Å². The van der Waals surface area contributed by atoms with Crippen LogP contribution in [0.5, 0.6) is 0 Å². The number of para-hydroxylation sites is 2. The van der Waals surface area contributed by atoms with E-state index in [1.807, 2.05) is 57.7 Å². The van der Waals surface area contributed by atoms with Crippen molar-refractivity contribution in [3.8, 4) is 0 Å². The first kappa shape index (κ1) is 16.6. The zero-order valence-electron chi connectivity index (χ0n) is 11.9. The van der Waals surface area contributed by atoms with Crippen LogP contribution >= 0.6 is 24.0 Å². The first-order valence-corrected chi connectivity index (χ1v) is 7.16. The van der Waals surface area contributed by atoms with E-state index in [2.05, 4.69) is 0 Å². The Morgan fingerprint density at radius 3 is 2.14 bits per heavy atom. The first-order valence-electron chi connectivity index (χ1n) is 6.78. The van der Waals surface area contributed by atoms with Crippen LogP contribution in [0.3, 0.4) is 0 Å². The summed E-state index contributed by atoms with van der Waals surface area (Å²) in [6, 6.07) is 15.5. The largest absolute Gasteiger partial charge is 0.395 e. The molecule has 0 atom stereocenters. The summed E-state index contributed by atoms with van der Waals surface area (Å²) >= 11 is 5.91. The van der Waals surface area contributed by atoms with E-state index in [1.165, 1.54) is 0 Å². The second-order valence-corrected chi connectivity index (χ2v) is 5.34. The zero-order chi connectivity index (χ0) is 14.8. The molecule has 0 spiro atoms. The minimum atomic E-state index is 0. The van der Waals surface area contributed by atoms with E-state index in [9.17, 15) is 5.11 Å². The van der Waals surface area contributed by atoms with Gasteiger partial charge in [0, 0.05) is 11.6 Å². The molecule has 116 valence electrons. The van der Waals surface area contributed by atoms with Gasteiger partial charge in [-0.1, -0.05) is 35.9 Å².